The maximum atomic E-state index is 13.0. The van der Waals surface area contributed by atoms with Crippen LogP contribution in [0.3, 0.4) is 0 Å². The predicted octanol–water partition coefficient (Wildman–Crippen LogP) is 3.95. The minimum atomic E-state index is -4.58. The summed E-state index contributed by atoms with van der Waals surface area (Å²) in [7, 11) is 0. The van der Waals surface area contributed by atoms with Crippen molar-refractivity contribution in [2.24, 2.45) is 21.6 Å². The van der Waals surface area contributed by atoms with Gasteiger partial charge in [-0.2, -0.15) is 23.3 Å². The van der Waals surface area contributed by atoms with Gasteiger partial charge in [0.1, 0.15) is 5.84 Å². The van der Waals surface area contributed by atoms with Gasteiger partial charge in [0.25, 0.3) is 5.91 Å². The van der Waals surface area contributed by atoms with Crippen molar-refractivity contribution in [3.8, 4) is 0 Å². The Morgan fingerprint density at radius 1 is 0.971 bits per heavy atom. The predicted molar refractivity (Wildman–Crippen MR) is 127 cm³/mol. The van der Waals surface area contributed by atoms with Gasteiger partial charge in [-0.1, -0.05) is 60.7 Å². The molecule has 10 heteroatoms. The summed E-state index contributed by atoms with van der Waals surface area (Å²) in [6, 6.07) is 20.5. The number of nitrogens with two attached hydrogens (primary N) is 2. The Hall–Kier alpha value is -4.47. The van der Waals surface area contributed by atoms with Crippen LogP contribution in [0.25, 0.3) is 0 Å². The number of hydrogen-bond donors (Lipinski definition) is 3. The van der Waals surface area contributed by atoms with Gasteiger partial charge in [0, 0.05) is 17.0 Å². The number of guanidine groups is 1. The zero-order valence-corrected chi connectivity index (χ0v) is 18.3. The molecule has 0 radical (unpaired) electrons. The Labute approximate surface area is 199 Å². The molecular formula is C25H21F3N6O. The van der Waals surface area contributed by atoms with Gasteiger partial charge in [-0.05, 0) is 29.3 Å². The molecule has 0 spiro atoms. The molecule has 0 saturated heterocycles. The van der Waals surface area contributed by atoms with Crippen LogP contribution < -0.4 is 11.5 Å². The van der Waals surface area contributed by atoms with Gasteiger partial charge >= 0.3 is 6.18 Å². The molecule has 0 fully saturated rings. The highest BCUT2D eigenvalue weighted by atomic mass is 19.4. The van der Waals surface area contributed by atoms with Crippen molar-refractivity contribution < 1.29 is 18.0 Å². The first kappa shape index (κ1) is 23.7. The van der Waals surface area contributed by atoms with Crippen LogP contribution in [0.15, 0.2) is 89.0 Å². The molecule has 3 aromatic carbocycles. The van der Waals surface area contributed by atoms with E-state index in [0.29, 0.717) is 11.3 Å². The maximum absolute atomic E-state index is 13.0. The van der Waals surface area contributed by atoms with Crippen molar-refractivity contribution in [2.45, 2.75) is 12.1 Å². The molecular weight excluding hydrogens is 457 g/mol. The number of benzene rings is 3. The number of rotatable bonds is 4. The second-order valence-electron chi connectivity index (χ2n) is 7.88. The molecule has 1 heterocycles. The number of nitrogens with zero attached hydrogens (tertiary/aromatic N) is 3. The van der Waals surface area contributed by atoms with Crippen molar-refractivity contribution in [1.82, 2.24) is 5.01 Å². The summed E-state index contributed by atoms with van der Waals surface area (Å²) < 4.78 is 39.0. The number of nitrogens with one attached hydrogen (secondary N) is 1. The molecule has 178 valence electrons. The topological polar surface area (TPSA) is 121 Å². The molecule has 0 saturated carbocycles. The Balaban J connectivity index is 1.65. The van der Waals surface area contributed by atoms with Crippen molar-refractivity contribution >= 4 is 23.4 Å². The second-order valence-corrected chi connectivity index (χ2v) is 7.88. The minimum absolute atomic E-state index is 0.0596. The quantitative estimate of drug-likeness (QED) is 0.388. The van der Waals surface area contributed by atoms with Crippen LogP contribution in [0.5, 0.6) is 0 Å². The summed E-state index contributed by atoms with van der Waals surface area (Å²) in [6.07, 6.45) is -4.58. The van der Waals surface area contributed by atoms with Crippen LogP contribution >= 0.6 is 0 Å². The first-order valence-corrected chi connectivity index (χ1v) is 10.5. The molecule has 1 aliphatic heterocycles. The first-order valence-electron chi connectivity index (χ1n) is 10.5. The summed E-state index contributed by atoms with van der Waals surface area (Å²) in [5, 5.41) is 13.5. The smallest absolute Gasteiger partial charge is 0.384 e. The third-order valence-corrected chi connectivity index (χ3v) is 5.53. The van der Waals surface area contributed by atoms with Crippen LogP contribution in [0, 0.1) is 5.41 Å². The molecule has 3 aromatic rings. The van der Waals surface area contributed by atoms with Gasteiger partial charge in [-0.15, -0.1) is 0 Å². The molecule has 0 aromatic heterocycles. The van der Waals surface area contributed by atoms with E-state index in [0.717, 1.165) is 29.3 Å². The highest BCUT2D eigenvalue weighted by Gasteiger charge is 2.32. The third kappa shape index (κ3) is 5.21. The van der Waals surface area contributed by atoms with Crippen LogP contribution in [-0.4, -0.2) is 35.0 Å². The van der Waals surface area contributed by atoms with E-state index in [9.17, 15) is 18.0 Å². The number of carbonyl (C=O) groups is 1. The largest absolute Gasteiger partial charge is 0.416 e. The van der Waals surface area contributed by atoms with E-state index in [1.54, 1.807) is 24.3 Å². The lowest BCUT2D eigenvalue weighted by Gasteiger charge is -2.15. The molecule has 35 heavy (non-hydrogen) atoms. The number of hydrazone groups is 1. The number of carbonyl (C=O) groups excluding carboxylic acids is 1. The third-order valence-electron chi connectivity index (χ3n) is 5.53. The van der Waals surface area contributed by atoms with E-state index in [2.05, 4.69) is 10.1 Å². The van der Waals surface area contributed by atoms with Crippen LogP contribution in [0.1, 0.15) is 38.5 Å². The van der Waals surface area contributed by atoms with Gasteiger partial charge in [0.05, 0.1) is 17.8 Å². The maximum Gasteiger partial charge on any atom is 0.416 e. The van der Waals surface area contributed by atoms with Crippen LogP contribution in [-0.2, 0) is 6.18 Å². The zero-order valence-electron chi connectivity index (χ0n) is 18.3. The first-order chi connectivity index (χ1) is 16.6. The number of amidine groups is 1. The summed E-state index contributed by atoms with van der Waals surface area (Å²) in [5.41, 5.74) is 13.4. The van der Waals surface area contributed by atoms with E-state index in [1.807, 2.05) is 30.3 Å². The molecule has 7 nitrogen and oxygen atoms in total. The normalized spacial score (nSPS) is 16.2. The van der Waals surface area contributed by atoms with Crippen LogP contribution in [0.2, 0.25) is 0 Å². The number of amides is 1. The number of hydrogen-bond acceptors (Lipinski definition) is 3. The van der Waals surface area contributed by atoms with Crippen molar-refractivity contribution in [1.29, 1.82) is 5.41 Å². The lowest BCUT2D eigenvalue weighted by atomic mass is 9.90. The summed E-state index contributed by atoms with van der Waals surface area (Å²) in [6.45, 7) is 0.277. The number of alkyl halides is 3. The Morgan fingerprint density at radius 2 is 1.66 bits per heavy atom. The number of aliphatic imine (C=N–C) groups is 1. The van der Waals surface area contributed by atoms with E-state index < -0.39 is 17.6 Å². The average molecular weight is 478 g/mol. The molecule has 1 atom stereocenters. The standard InChI is InChI=1S/C25H21F3N6O/c26-25(27,28)19-8-4-7-18(13-19)23(35)32-24(31)34-14-20(15-5-2-1-3-6-15)21(33-34)16-9-11-17(12-10-16)22(29)30/h1-13,20H,14H2,(H3,29,30)(H2,31,32,35). The molecule has 0 aliphatic carbocycles. The van der Waals surface area contributed by atoms with E-state index in [-0.39, 0.29) is 29.8 Å². The fourth-order valence-corrected chi connectivity index (χ4v) is 3.73. The van der Waals surface area contributed by atoms with Gasteiger partial charge in [0.2, 0.25) is 5.96 Å². The minimum Gasteiger partial charge on any atom is -0.384 e. The second kappa shape index (κ2) is 9.41. The van der Waals surface area contributed by atoms with Gasteiger partial charge in [-0.3, -0.25) is 10.2 Å². The van der Waals surface area contributed by atoms with Gasteiger partial charge < -0.3 is 11.5 Å². The highest BCUT2D eigenvalue weighted by Crippen LogP contribution is 2.30. The van der Waals surface area contributed by atoms with Gasteiger partial charge in [0.15, 0.2) is 0 Å². The summed E-state index contributed by atoms with van der Waals surface area (Å²) >= 11 is 0. The molecule has 5 N–H and O–H groups in total. The fourth-order valence-electron chi connectivity index (χ4n) is 3.73. The van der Waals surface area contributed by atoms with Crippen LogP contribution in [0.4, 0.5) is 13.2 Å². The lowest BCUT2D eigenvalue weighted by molar-refractivity contribution is -0.137. The van der Waals surface area contributed by atoms with E-state index in [1.165, 1.54) is 11.1 Å². The number of nitrogen functional groups attached to an aromatic ring is 1. The molecule has 1 unspecified atom stereocenters. The average Bonchev–Trinajstić information content (AvgIpc) is 3.30. The summed E-state index contributed by atoms with van der Waals surface area (Å²) in [5.74, 6) is -1.41. The number of halogens is 3. The monoisotopic (exact) mass is 478 g/mol. The Morgan fingerprint density at radius 3 is 2.29 bits per heavy atom. The Kier molecular flexibility index (Phi) is 6.37. The van der Waals surface area contributed by atoms with E-state index >= 15 is 0 Å². The lowest BCUT2D eigenvalue weighted by Crippen LogP contribution is -2.33. The van der Waals surface area contributed by atoms with Crippen molar-refractivity contribution in [3.63, 3.8) is 0 Å². The molecule has 1 amide bonds. The molecule has 1 aliphatic rings. The molecule has 0 bridgehead atoms. The van der Waals surface area contributed by atoms with Crippen molar-refractivity contribution in [3.05, 3.63) is 107 Å². The molecule has 4 rings (SSSR count). The van der Waals surface area contributed by atoms with Gasteiger partial charge in [-0.25, -0.2) is 5.01 Å². The Bertz CT molecular complexity index is 1320. The van der Waals surface area contributed by atoms with E-state index in [4.69, 9.17) is 16.9 Å². The zero-order chi connectivity index (χ0) is 25.2. The highest BCUT2D eigenvalue weighted by molar-refractivity contribution is 6.09. The van der Waals surface area contributed by atoms with Crippen molar-refractivity contribution in [2.75, 3.05) is 6.54 Å². The SMILES string of the molecule is N=C(N)c1ccc(C2=NN(C(N)=NC(=O)c3cccc(C(F)(F)F)c3)CC2c2ccccc2)cc1. The fraction of sp³-hybridized carbons (Fsp3) is 0.120. The summed E-state index contributed by atoms with van der Waals surface area (Å²) in [4.78, 5) is 16.4.